The molecule has 2 heterocycles. The molecule has 0 atom stereocenters. The molecule has 2 aromatic heterocycles. The minimum Gasteiger partial charge on any atom is -0.360 e. The summed E-state index contributed by atoms with van der Waals surface area (Å²) >= 11 is 0. The number of nitriles is 1. The predicted octanol–water partition coefficient (Wildman–Crippen LogP) is 2.69. The summed E-state index contributed by atoms with van der Waals surface area (Å²) in [5.41, 5.74) is 0.381. The van der Waals surface area contributed by atoms with E-state index in [1.807, 2.05) is 6.07 Å². The number of aryl methyl sites for hydroxylation is 1. The van der Waals surface area contributed by atoms with E-state index in [4.69, 9.17) is 5.26 Å². The van der Waals surface area contributed by atoms with E-state index >= 15 is 0 Å². The van der Waals surface area contributed by atoms with Gasteiger partial charge in [-0.2, -0.15) is 28.7 Å². The summed E-state index contributed by atoms with van der Waals surface area (Å²) in [6.07, 6.45) is -3.13. The molecule has 1 aromatic carbocycles. The average molecular weight is 360 g/mol. The average Bonchev–Trinajstić information content (AvgIpc) is 3.25. The number of anilines is 1. The van der Waals surface area contributed by atoms with Gasteiger partial charge in [0, 0.05) is 11.9 Å². The highest BCUT2D eigenvalue weighted by Gasteiger charge is 2.35. The van der Waals surface area contributed by atoms with Crippen molar-refractivity contribution in [3.63, 3.8) is 0 Å². The highest BCUT2D eigenvalue weighted by atomic mass is 19.4. The second-order valence-corrected chi connectivity index (χ2v) is 5.18. The zero-order valence-corrected chi connectivity index (χ0v) is 13.3. The first-order valence-electron chi connectivity index (χ1n) is 7.23. The van der Waals surface area contributed by atoms with Crippen molar-refractivity contribution >= 4 is 11.3 Å². The summed E-state index contributed by atoms with van der Waals surface area (Å²) in [6.45, 7) is 1.49. The van der Waals surface area contributed by atoms with E-state index in [0.717, 1.165) is 10.7 Å². The van der Waals surface area contributed by atoms with Crippen LogP contribution in [-0.2, 0) is 6.18 Å². The molecule has 0 spiro atoms. The Hall–Kier alpha value is -3.68. The van der Waals surface area contributed by atoms with Crippen LogP contribution in [0.25, 0.3) is 11.3 Å². The lowest BCUT2D eigenvalue weighted by atomic mass is 10.2. The second kappa shape index (κ2) is 6.67. The van der Waals surface area contributed by atoms with Crippen molar-refractivity contribution in [2.45, 2.75) is 13.1 Å². The van der Waals surface area contributed by atoms with Crippen LogP contribution in [-0.4, -0.2) is 30.4 Å². The maximum Gasteiger partial charge on any atom is 0.433 e. The van der Waals surface area contributed by atoms with Crippen LogP contribution in [0, 0.1) is 18.3 Å². The van der Waals surface area contributed by atoms with Crippen LogP contribution >= 0.6 is 0 Å². The van der Waals surface area contributed by atoms with Gasteiger partial charge in [0.2, 0.25) is 5.82 Å². The molecule has 3 rings (SSSR count). The van der Waals surface area contributed by atoms with Crippen LogP contribution in [0.15, 0.2) is 36.5 Å². The highest BCUT2D eigenvalue weighted by molar-refractivity contribution is 5.74. The molecule has 0 saturated carbocycles. The fourth-order valence-corrected chi connectivity index (χ4v) is 2.18. The number of hydrogen-bond donors (Lipinski definition) is 2. The Morgan fingerprint density at radius 2 is 2.04 bits per heavy atom. The van der Waals surface area contributed by atoms with Gasteiger partial charge in [0.05, 0.1) is 11.4 Å². The lowest BCUT2D eigenvalue weighted by Crippen LogP contribution is -2.13. The smallest absolute Gasteiger partial charge is 0.360 e. The minimum atomic E-state index is -4.51. The van der Waals surface area contributed by atoms with Crippen LogP contribution < -0.4 is 5.32 Å². The number of benzene rings is 1. The number of H-pyrrole nitrogens is 1. The Morgan fingerprint density at radius 1 is 1.31 bits per heavy atom. The second-order valence-electron chi connectivity index (χ2n) is 5.18. The molecule has 0 amide bonds. The number of aromatic amines is 1. The molecule has 8 nitrogen and oxygen atoms in total. The van der Waals surface area contributed by atoms with E-state index in [9.17, 15) is 13.2 Å². The molecule has 0 saturated heterocycles. The Labute approximate surface area is 145 Å². The summed E-state index contributed by atoms with van der Waals surface area (Å²) in [6, 6.07) is 8.99. The maximum atomic E-state index is 13.1. The number of nitrogens with one attached hydrogen (secondary N) is 2. The first-order valence-corrected chi connectivity index (χ1v) is 7.23. The van der Waals surface area contributed by atoms with E-state index in [2.05, 4.69) is 31.0 Å². The van der Waals surface area contributed by atoms with Gasteiger partial charge in [0.15, 0.2) is 0 Å². The molecule has 0 radical (unpaired) electrons. The van der Waals surface area contributed by atoms with Crippen LogP contribution in [0.4, 0.5) is 18.9 Å². The lowest BCUT2D eigenvalue weighted by Gasteiger charge is -2.10. The van der Waals surface area contributed by atoms with Crippen molar-refractivity contribution in [2.24, 2.45) is 0 Å². The van der Waals surface area contributed by atoms with Gasteiger partial charge in [-0.3, -0.25) is 0 Å². The first-order chi connectivity index (χ1) is 12.4. The van der Waals surface area contributed by atoms with Gasteiger partial charge in [-0.05, 0) is 42.5 Å². The van der Waals surface area contributed by atoms with Gasteiger partial charge < -0.3 is 5.32 Å². The molecule has 0 aliphatic carbocycles. The third kappa shape index (κ3) is 3.54. The van der Waals surface area contributed by atoms with Gasteiger partial charge in [0.1, 0.15) is 17.3 Å². The molecule has 132 valence electrons. The standard InChI is InChI=1S/C15H11F3N8/c1-9-6-13(15(16,17)18)26(23-9)12-4-2-11(3-5-12)20-8-10(7-19)14-21-24-25-22-14/h2-6,8,20H,1H3,(H,21,22,24,25). The lowest BCUT2D eigenvalue weighted by molar-refractivity contribution is -0.142. The van der Waals surface area contributed by atoms with Crippen molar-refractivity contribution in [3.05, 3.63) is 53.7 Å². The van der Waals surface area contributed by atoms with Gasteiger partial charge >= 0.3 is 6.18 Å². The number of nitrogens with zero attached hydrogens (tertiary/aromatic N) is 6. The number of tetrazole rings is 1. The van der Waals surface area contributed by atoms with Crippen LogP contribution in [0.3, 0.4) is 0 Å². The van der Waals surface area contributed by atoms with E-state index in [1.165, 1.54) is 25.3 Å². The van der Waals surface area contributed by atoms with Gasteiger partial charge in [0.25, 0.3) is 0 Å². The molecule has 3 aromatic rings. The zero-order chi connectivity index (χ0) is 18.7. The molecule has 0 fully saturated rings. The number of allylic oxidation sites excluding steroid dienone is 1. The molecule has 2 N–H and O–H groups in total. The van der Waals surface area contributed by atoms with Crippen molar-refractivity contribution in [3.8, 4) is 11.8 Å². The normalized spacial score (nSPS) is 12.0. The SMILES string of the molecule is Cc1cc(C(F)(F)F)n(-c2ccc(NC=C(C#N)c3nn[nH]n3)cc2)n1. The first kappa shape index (κ1) is 17.2. The van der Waals surface area contributed by atoms with Crippen molar-refractivity contribution < 1.29 is 13.2 Å². The van der Waals surface area contributed by atoms with E-state index in [1.54, 1.807) is 12.1 Å². The molecule has 0 bridgehead atoms. The summed E-state index contributed by atoms with van der Waals surface area (Å²) in [5.74, 6) is 0.124. The van der Waals surface area contributed by atoms with E-state index in [0.29, 0.717) is 5.69 Å². The van der Waals surface area contributed by atoms with Gasteiger partial charge in [-0.1, -0.05) is 0 Å². The topological polar surface area (TPSA) is 108 Å². The van der Waals surface area contributed by atoms with Crippen LogP contribution in [0.1, 0.15) is 17.2 Å². The predicted molar refractivity (Wildman–Crippen MR) is 84.7 cm³/mol. The molecular weight excluding hydrogens is 349 g/mol. The molecule has 11 heteroatoms. The number of hydrogen-bond acceptors (Lipinski definition) is 6. The molecule has 0 aliphatic heterocycles. The Kier molecular flexibility index (Phi) is 4.40. The molecule has 26 heavy (non-hydrogen) atoms. The fourth-order valence-electron chi connectivity index (χ4n) is 2.18. The maximum absolute atomic E-state index is 13.1. The van der Waals surface area contributed by atoms with Crippen molar-refractivity contribution in [1.29, 1.82) is 5.26 Å². The van der Waals surface area contributed by atoms with Crippen LogP contribution in [0.5, 0.6) is 0 Å². The number of alkyl halides is 3. The number of halogens is 3. The van der Waals surface area contributed by atoms with E-state index < -0.39 is 11.9 Å². The van der Waals surface area contributed by atoms with Gasteiger partial charge in [-0.25, -0.2) is 4.68 Å². The van der Waals surface area contributed by atoms with Crippen molar-refractivity contribution in [2.75, 3.05) is 5.32 Å². The quantitative estimate of drug-likeness (QED) is 0.693. The van der Waals surface area contributed by atoms with Gasteiger partial charge in [-0.15, -0.1) is 10.2 Å². The fraction of sp³-hybridized carbons (Fsp3) is 0.133. The summed E-state index contributed by atoms with van der Waals surface area (Å²) in [7, 11) is 0. The Balaban J connectivity index is 1.83. The summed E-state index contributed by atoms with van der Waals surface area (Å²) < 4.78 is 40.1. The molecular formula is C15H11F3N8. The molecule has 0 aliphatic rings. The third-order valence-corrected chi connectivity index (χ3v) is 3.32. The summed E-state index contributed by atoms with van der Waals surface area (Å²) in [4.78, 5) is 0. The monoisotopic (exact) mass is 360 g/mol. The highest BCUT2D eigenvalue weighted by Crippen LogP contribution is 2.31. The van der Waals surface area contributed by atoms with Crippen LogP contribution in [0.2, 0.25) is 0 Å². The Bertz CT molecular complexity index is 962. The summed E-state index contributed by atoms with van der Waals surface area (Å²) in [5, 5.41) is 28.8. The molecule has 0 unspecified atom stereocenters. The number of rotatable bonds is 4. The van der Waals surface area contributed by atoms with E-state index in [-0.39, 0.29) is 22.8 Å². The minimum absolute atomic E-state index is 0.124. The largest absolute Gasteiger partial charge is 0.433 e. The number of aromatic nitrogens is 6. The zero-order valence-electron chi connectivity index (χ0n) is 13.3. The van der Waals surface area contributed by atoms with Crippen molar-refractivity contribution in [1.82, 2.24) is 30.4 Å². The Morgan fingerprint density at radius 3 is 2.62 bits per heavy atom. The third-order valence-electron chi connectivity index (χ3n) is 3.32.